The third kappa shape index (κ3) is 5.34. The number of alkyl halides is 3. The predicted octanol–water partition coefficient (Wildman–Crippen LogP) is 4.09. The highest BCUT2D eigenvalue weighted by molar-refractivity contribution is 5.99. The first-order valence-corrected chi connectivity index (χ1v) is 6.30. The fraction of sp³-hybridized carbons (Fsp3) is 0.429. The molecule has 0 spiro atoms. The van der Waals surface area contributed by atoms with Gasteiger partial charge in [0.2, 0.25) is 0 Å². The normalized spacial score (nSPS) is 13.0. The van der Waals surface area contributed by atoms with E-state index in [4.69, 9.17) is 4.74 Å². The molecule has 122 valence electrons. The van der Waals surface area contributed by atoms with Crippen molar-refractivity contribution in [2.75, 3.05) is 0 Å². The zero-order valence-electron chi connectivity index (χ0n) is 12.5. The first-order valence-electron chi connectivity index (χ1n) is 6.30. The Labute approximate surface area is 125 Å². The van der Waals surface area contributed by atoms with E-state index in [9.17, 15) is 22.4 Å². The second kappa shape index (κ2) is 6.33. The van der Waals surface area contributed by atoms with Crippen molar-refractivity contribution in [1.29, 1.82) is 0 Å². The number of carbonyl (C=O) groups is 1. The lowest BCUT2D eigenvalue weighted by molar-refractivity contribution is -0.140. The Hall–Kier alpha value is -2.12. The van der Waals surface area contributed by atoms with Gasteiger partial charge in [0.25, 0.3) is 0 Å². The summed E-state index contributed by atoms with van der Waals surface area (Å²) in [5.74, 6) is -1.41. The highest BCUT2D eigenvalue weighted by atomic mass is 19.4. The molecular weight excluding hydrogens is 304 g/mol. The number of carbonyl (C=O) groups excluding carboxylic acids is 1. The van der Waals surface area contributed by atoms with E-state index >= 15 is 0 Å². The average molecular weight is 320 g/mol. The number of hydrazone groups is 1. The van der Waals surface area contributed by atoms with E-state index in [1.165, 1.54) is 6.92 Å². The molecule has 0 bridgehead atoms. The first kappa shape index (κ1) is 17.9. The third-order valence-electron chi connectivity index (χ3n) is 2.41. The van der Waals surface area contributed by atoms with Crippen LogP contribution in [0.3, 0.4) is 0 Å². The molecule has 0 atom stereocenters. The van der Waals surface area contributed by atoms with Crippen molar-refractivity contribution in [1.82, 2.24) is 5.43 Å². The lowest BCUT2D eigenvalue weighted by atomic mass is 10.1. The predicted molar refractivity (Wildman–Crippen MR) is 73.0 cm³/mol. The number of ether oxygens (including phenoxy) is 1. The fourth-order valence-corrected chi connectivity index (χ4v) is 1.47. The van der Waals surface area contributed by atoms with Crippen LogP contribution in [-0.4, -0.2) is 17.4 Å². The molecule has 0 aliphatic rings. The molecule has 1 amide bonds. The van der Waals surface area contributed by atoms with Gasteiger partial charge in [0, 0.05) is 5.56 Å². The lowest BCUT2D eigenvalue weighted by Crippen LogP contribution is -2.30. The van der Waals surface area contributed by atoms with Gasteiger partial charge in [-0.1, -0.05) is 6.07 Å². The van der Waals surface area contributed by atoms with Crippen LogP contribution >= 0.6 is 0 Å². The molecule has 0 radical (unpaired) electrons. The van der Waals surface area contributed by atoms with Crippen LogP contribution < -0.4 is 5.43 Å². The van der Waals surface area contributed by atoms with Crippen molar-refractivity contribution in [3.8, 4) is 0 Å². The molecule has 0 heterocycles. The Morgan fingerprint density at radius 1 is 1.23 bits per heavy atom. The summed E-state index contributed by atoms with van der Waals surface area (Å²) in [6.45, 7) is 6.40. The highest BCUT2D eigenvalue weighted by Gasteiger charge is 2.34. The van der Waals surface area contributed by atoms with Crippen molar-refractivity contribution in [2.24, 2.45) is 5.10 Å². The van der Waals surface area contributed by atoms with E-state index in [1.807, 2.05) is 0 Å². The molecular formula is C14H16F4N2O2. The van der Waals surface area contributed by atoms with E-state index in [0.29, 0.717) is 12.1 Å². The number of nitrogens with one attached hydrogen (secondary N) is 1. The molecule has 1 aromatic rings. The molecule has 0 fully saturated rings. The lowest BCUT2D eigenvalue weighted by Gasteiger charge is -2.18. The summed E-state index contributed by atoms with van der Waals surface area (Å²) in [5, 5.41) is 3.66. The molecule has 22 heavy (non-hydrogen) atoms. The molecule has 0 saturated carbocycles. The molecule has 0 aromatic heterocycles. The van der Waals surface area contributed by atoms with Gasteiger partial charge in [0.15, 0.2) is 0 Å². The van der Waals surface area contributed by atoms with Crippen molar-refractivity contribution in [3.63, 3.8) is 0 Å². The zero-order chi connectivity index (χ0) is 17.1. The first-order chi connectivity index (χ1) is 9.90. The quantitative estimate of drug-likeness (QED) is 0.507. The van der Waals surface area contributed by atoms with Crippen molar-refractivity contribution in [3.05, 3.63) is 35.1 Å². The molecule has 0 aliphatic heterocycles. The minimum Gasteiger partial charge on any atom is -0.443 e. The maximum atomic E-state index is 13.4. The second-order valence-electron chi connectivity index (χ2n) is 5.50. The Morgan fingerprint density at radius 2 is 1.82 bits per heavy atom. The van der Waals surface area contributed by atoms with Crippen molar-refractivity contribution in [2.45, 2.75) is 39.5 Å². The number of nitrogens with zero attached hydrogens (tertiary/aromatic N) is 1. The van der Waals surface area contributed by atoms with Gasteiger partial charge in [0.05, 0.1) is 11.3 Å². The summed E-state index contributed by atoms with van der Waals surface area (Å²) in [4.78, 5) is 11.4. The van der Waals surface area contributed by atoms with E-state index in [2.05, 4.69) is 10.5 Å². The SMILES string of the molecule is C/C(=N/NC(=O)OC(C)(C)C)c1ccc(C(F)(F)F)c(F)c1. The molecule has 1 rings (SSSR count). The minimum atomic E-state index is -4.76. The summed E-state index contributed by atoms with van der Waals surface area (Å²) in [5.41, 5.74) is 0.262. The maximum absolute atomic E-state index is 13.4. The van der Waals surface area contributed by atoms with E-state index < -0.39 is 29.3 Å². The fourth-order valence-electron chi connectivity index (χ4n) is 1.47. The number of hydrogen-bond donors (Lipinski definition) is 1. The van der Waals surface area contributed by atoms with Crippen molar-refractivity contribution < 1.29 is 27.1 Å². The Balaban J connectivity index is 2.86. The van der Waals surface area contributed by atoms with Gasteiger partial charge in [-0.15, -0.1) is 0 Å². The van der Waals surface area contributed by atoms with Crippen molar-refractivity contribution >= 4 is 11.8 Å². The van der Waals surface area contributed by atoms with Gasteiger partial charge in [-0.2, -0.15) is 18.3 Å². The molecule has 4 nitrogen and oxygen atoms in total. The van der Waals surface area contributed by atoms with Crippen LogP contribution in [0.5, 0.6) is 0 Å². The molecule has 1 aromatic carbocycles. The van der Waals surface area contributed by atoms with Gasteiger partial charge >= 0.3 is 12.3 Å². The summed E-state index contributed by atoms with van der Waals surface area (Å²) in [6, 6.07) is 2.40. The van der Waals surface area contributed by atoms with Crippen LogP contribution in [0.15, 0.2) is 23.3 Å². The molecule has 0 aliphatic carbocycles. The zero-order valence-corrected chi connectivity index (χ0v) is 12.5. The molecule has 8 heteroatoms. The van der Waals surface area contributed by atoms with Gasteiger partial charge in [0.1, 0.15) is 11.4 Å². The van der Waals surface area contributed by atoms with Crippen LogP contribution in [0.1, 0.15) is 38.8 Å². The van der Waals surface area contributed by atoms with Crippen LogP contribution in [-0.2, 0) is 10.9 Å². The summed E-state index contributed by atoms with van der Waals surface area (Å²) in [7, 11) is 0. The number of amides is 1. The number of rotatable bonds is 2. The molecule has 1 N–H and O–H groups in total. The van der Waals surface area contributed by atoms with Gasteiger partial charge in [-0.05, 0) is 39.8 Å². The molecule has 0 unspecified atom stereocenters. The number of hydrogen-bond acceptors (Lipinski definition) is 3. The highest BCUT2D eigenvalue weighted by Crippen LogP contribution is 2.31. The maximum Gasteiger partial charge on any atom is 0.428 e. The Morgan fingerprint density at radius 3 is 2.27 bits per heavy atom. The smallest absolute Gasteiger partial charge is 0.428 e. The van der Waals surface area contributed by atoms with Crippen LogP contribution in [0.2, 0.25) is 0 Å². The third-order valence-corrected chi connectivity index (χ3v) is 2.41. The van der Waals surface area contributed by atoms with Crippen LogP contribution in [0, 0.1) is 5.82 Å². The van der Waals surface area contributed by atoms with E-state index in [-0.39, 0.29) is 11.3 Å². The van der Waals surface area contributed by atoms with Gasteiger partial charge in [-0.3, -0.25) is 0 Å². The largest absolute Gasteiger partial charge is 0.443 e. The number of benzene rings is 1. The average Bonchev–Trinajstić information content (AvgIpc) is 2.32. The summed E-state index contributed by atoms with van der Waals surface area (Å²) < 4.78 is 55.7. The van der Waals surface area contributed by atoms with E-state index in [1.54, 1.807) is 20.8 Å². The Bertz CT molecular complexity index is 589. The summed E-state index contributed by atoms with van der Waals surface area (Å²) in [6.07, 6.45) is -5.58. The van der Waals surface area contributed by atoms with Crippen LogP contribution in [0.25, 0.3) is 0 Å². The standard InChI is InChI=1S/C14H16F4N2O2/c1-8(19-20-12(21)22-13(2,3)4)9-5-6-10(11(15)7-9)14(16,17)18/h5-7H,1-4H3,(H,20,21)/b19-8-. The van der Waals surface area contributed by atoms with Crippen LogP contribution in [0.4, 0.5) is 22.4 Å². The summed E-state index contributed by atoms with van der Waals surface area (Å²) >= 11 is 0. The number of halogens is 4. The van der Waals surface area contributed by atoms with E-state index in [0.717, 1.165) is 6.07 Å². The minimum absolute atomic E-state index is 0.113. The van der Waals surface area contributed by atoms with Gasteiger partial charge < -0.3 is 4.74 Å². The Kier molecular flexibility index (Phi) is 5.16. The monoisotopic (exact) mass is 320 g/mol. The topological polar surface area (TPSA) is 50.7 Å². The second-order valence-corrected chi connectivity index (χ2v) is 5.50. The van der Waals surface area contributed by atoms with Gasteiger partial charge in [-0.25, -0.2) is 14.6 Å². The molecule has 0 saturated heterocycles.